The van der Waals surface area contributed by atoms with Crippen LogP contribution in [0.1, 0.15) is 5.56 Å². The zero-order valence-electron chi connectivity index (χ0n) is 14.4. The van der Waals surface area contributed by atoms with E-state index in [0.29, 0.717) is 34.3 Å². The highest BCUT2D eigenvalue weighted by Crippen LogP contribution is 2.35. The molecule has 4 nitrogen and oxygen atoms in total. The molecule has 0 aliphatic rings. The Morgan fingerprint density at radius 2 is 1.42 bits per heavy atom. The van der Waals surface area contributed by atoms with Gasteiger partial charge in [0.25, 0.3) is 0 Å². The van der Waals surface area contributed by atoms with Crippen molar-refractivity contribution in [3.05, 3.63) is 72.3 Å². The molecule has 5 heteroatoms. The van der Waals surface area contributed by atoms with Gasteiger partial charge in [-0.05, 0) is 54.8 Å². The Kier molecular flexibility index (Phi) is 5.67. The summed E-state index contributed by atoms with van der Waals surface area (Å²) >= 11 is 1.66. The van der Waals surface area contributed by atoms with E-state index in [0.717, 1.165) is 4.90 Å². The molecule has 3 aromatic carbocycles. The van der Waals surface area contributed by atoms with Crippen molar-refractivity contribution in [3.8, 4) is 34.8 Å². The fraction of sp³-hybridized carbons (Fsp3) is 0.0952. The fourth-order valence-corrected chi connectivity index (χ4v) is 2.76. The lowest BCUT2D eigenvalue weighted by atomic mass is 10.2. The van der Waals surface area contributed by atoms with Crippen molar-refractivity contribution in [2.75, 3.05) is 13.4 Å². The lowest BCUT2D eigenvalue weighted by Gasteiger charge is -2.12. The van der Waals surface area contributed by atoms with Crippen LogP contribution in [0.5, 0.6) is 28.7 Å². The van der Waals surface area contributed by atoms with Crippen molar-refractivity contribution < 1.29 is 14.2 Å². The topological polar surface area (TPSA) is 51.5 Å². The van der Waals surface area contributed by atoms with E-state index in [2.05, 4.69) is 6.07 Å². The van der Waals surface area contributed by atoms with E-state index in [1.54, 1.807) is 49.2 Å². The number of hydrogen-bond acceptors (Lipinski definition) is 5. The monoisotopic (exact) mass is 363 g/mol. The molecule has 0 saturated carbocycles. The van der Waals surface area contributed by atoms with Crippen LogP contribution in [-0.2, 0) is 0 Å². The third-order valence-electron chi connectivity index (χ3n) is 3.66. The van der Waals surface area contributed by atoms with Crippen LogP contribution in [0.15, 0.2) is 71.6 Å². The highest BCUT2D eigenvalue weighted by atomic mass is 32.2. The number of hydrogen-bond donors (Lipinski definition) is 0. The summed E-state index contributed by atoms with van der Waals surface area (Å²) in [7, 11) is 1.59. The second-order valence-electron chi connectivity index (χ2n) is 5.30. The Balaban J connectivity index is 1.87. The fourth-order valence-electron chi connectivity index (χ4n) is 2.35. The molecule has 0 aromatic heterocycles. The van der Waals surface area contributed by atoms with Gasteiger partial charge in [-0.2, -0.15) is 5.26 Å². The summed E-state index contributed by atoms with van der Waals surface area (Å²) in [5, 5.41) is 9.60. The number of ether oxygens (including phenoxy) is 3. The molecule has 0 aliphatic carbocycles. The largest absolute Gasteiger partial charge is 0.497 e. The molecule has 130 valence electrons. The average Bonchev–Trinajstić information content (AvgIpc) is 2.69. The first-order chi connectivity index (χ1) is 12.7. The van der Waals surface area contributed by atoms with Gasteiger partial charge in [0.05, 0.1) is 7.11 Å². The molecule has 0 bridgehead atoms. The van der Waals surface area contributed by atoms with Crippen molar-refractivity contribution in [1.82, 2.24) is 0 Å². The van der Waals surface area contributed by atoms with Gasteiger partial charge in [-0.25, -0.2) is 0 Å². The van der Waals surface area contributed by atoms with E-state index >= 15 is 0 Å². The summed E-state index contributed by atoms with van der Waals surface area (Å²) in [4.78, 5) is 1.15. The molecule has 0 fully saturated rings. The SMILES string of the molecule is COc1cccc(Oc2cccc(Oc3ccc(SC)cc3)c2C#N)c1. The second-order valence-corrected chi connectivity index (χ2v) is 6.18. The molecule has 0 unspecified atom stereocenters. The Hall–Kier alpha value is -3.10. The van der Waals surface area contributed by atoms with Crippen molar-refractivity contribution >= 4 is 11.8 Å². The summed E-state index contributed by atoms with van der Waals surface area (Å²) in [6, 6.07) is 22.4. The molecule has 0 spiro atoms. The first kappa shape index (κ1) is 17.7. The molecular weight excluding hydrogens is 346 g/mol. The lowest BCUT2D eigenvalue weighted by Crippen LogP contribution is -1.93. The molecule has 0 saturated heterocycles. The predicted octanol–water partition coefficient (Wildman–Crippen LogP) is 5.87. The van der Waals surface area contributed by atoms with E-state index in [-0.39, 0.29) is 0 Å². The van der Waals surface area contributed by atoms with E-state index in [1.165, 1.54) is 0 Å². The van der Waals surface area contributed by atoms with Crippen LogP contribution in [0.3, 0.4) is 0 Å². The Morgan fingerprint density at radius 1 is 0.808 bits per heavy atom. The molecule has 3 rings (SSSR count). The standard InChI is InChI=1S/C21H17NO3S/c1-23-16-5-3-6-17(13-16)25-21-8-4-7-20(19(21)14-22)24-15-9-11-18(26-2)12-10-15/h3-13H,1-2H3. The van der Waals surface area contributed by atoms with Gasteiger partial charge < -0.3 is 14.2 Å². The van der Waals surface area contributed by atoms with Gasteiger partial charge in [0, 0.05) is 11.0 Å². The van der Waals surface area contributed by atoms with Crippen LogP contribution in [0.2, 0.25) is 0 Å². The number of nitrogens with zero attached hydrogens (tertiary/aromatic N) is 1. The summed E-state index contributed by atoms with van der Waals surface area (Å²) in [6.07, 6.45) is 2.02. The van der Waals surface area contributed by atoms with E-state index in [1.807, 2.05) is 42.7 Å². The molecule has 26 heavy (non-hydrogen) atoms. The van der Waals surface area contributed by atoms with Crippen LogP contribution in [0, 0.1) is 11.3 Å². The first-order valence-electron chi connectivity index (χ1n) is 7.90. The van der Waals surface area contributed by atoms with Gasteiger partial charge in [0.15, 0.2) is 0 Å². The smallest absolute Gasteiger partial charge is 0.149 e. The van der Waals surface area contributed by atoms with Gasteiger partial charge in [-0.15, -0.1) is 11.8 Å². The van der Waals surface area contributed by atoms with Crippen molar-refractivity contribution in [2.24, 2.45) is 0 Å². The van der Waals surface area contributed by atoms with Gasteiger partial charge in [0.2, 0.25) is 0 Å². The van der Waals surface area contributed by atoms with Crippen LogP contribution in [0.25, 0.3) is 0 Å². The number of rotatable bonds is 6. The van der Waals surface area contributed by atoms with Crippen LogP contribution in [-0.4, -0.2) is 13.4 Å². The quantitative estimate of drug-likeness (QED) is 0.512. The van der Waals surface area contributed by atoms with Crippen LogP contribution < -0.4 is 14.2 Å². The molecule has 0 heterocycles. The Morgan fingerprint density at radius 3 is 2.04 bits per heavy atom. The van der Waals surface area contributed by atoms with E-state index in [4.69, 9.17) is 14.2 Å². The first-order valence-corrected chi connectivity index (χ1v) is 9.13. The summed E-state index contributed by atoms with van der Waals surface area (Å²) in [6.45, 7) is 0. The highest BCUT2D eigenvalue weighted by Gasteiger charge is 2.12. The predicted molar refractivity (Wildman–Crippen MR) is 103 cm³/mol. The zero-order chi connectivity index (χ0) is 18.4. The molecule has 0 N–H and O–H groups in total. The number of benzene rings is 3. The summed E-state index contributed by atoms with van der Waals surface area (Å²) in [5.74, 6) is 2.81. The molecule has 0 amide bonds. The van der Waals surface area contributed by atoms with Crippen molar-refractivity contribution in [2.45, 2.75) is 4.90 Å². The number of thioether (sulfide) groups is 1. The van der Waals surface area contributed by atoms with Gasteiger partial charge >= 0.3 is 0 Å². The van der Waals surface area contributed by atoms with Gasteiger partial charge in [0.1, 0.15) is 40.4 Å². The zero-order valence-corrected chi connectivity index (χ0v) is 15.2. The maximum atomic E-state index is 9.60. The van der Waals surface area contributed by atoms with Crippen LogP contribution in [0.4, 0.5) is 0 Å². The van der Waals surface area contributed by atoms with Gasteiger partial charge in [-0.3, -0.25) is 0 Å². The molecule has 0 atom stereocenters. The summed E-state index contributed by atoms with van der Waals surface area (Å²) < 4.78 is 17.0. The summed E-state index contributed by atoms with van der Waals surface area (Å²) in [5.41, 5.74) is 0.337. The Bertz CT molecular complexity index is 933. The molecule has 0 aliphatic heterocycles. The minimum atomic E-state index is 0.337. The van der Waals surface area contributed by atoms with E-state index in [9.17, 15) is 5.26 Å². The maximum Gasteiger partial charge on any atom is 0.149 e. The lowest BCUT2D eigenvalue weighted by molar-refractivity contribution is 0.408. The van der Waals surface area contributed by atoms with Gasteiger partial charge in [-0.1, -0.05) is 12.1 Å². The Labute approximate surface area is 156 Å². The van der Waals surface area contributed by atoms with Crippen LogP contribution >= 0.6 is 11.8 Å². The van der Waals surface area contributed by atoms with Crippen molar-refractivity contribution in [3.63, 3.8) is 0 Å². The maximum absolute atomic E-state index is 9.60. The molecule has 0 radical (unpaired) electrons. The average molecular weight is 363 g/mol. The van der Waals surface area contributed by atoms with E-state index < -0.39 is 0 Å². The third-order valence-corrected chi connectivity index (χ3v) is 4.40. The second kappa shape index (κ2) is 8.32. The minimum Gasteiger partial charge on any atom is -0.497 e. The minimum absolute atomic E-state index is 0.337. The highest BCUT2D eigenvalue weighted by molar-refractivity contribution is 7.98. The molecule has 3 aromatic rings. The molecular formula is C21H17NO3S. The number of methoxy groups -OCH3 is 1. The van der Waals surface area contributed by atoms with Crippen molar-refractivity contribution in [1.29, 1.82) is 5.26 Å². The third kappa shape index (κ3) is 4.11. The number of nitriles is 1. The normalized spacial score (nSPS) is 10.0.